The third kappa shape index (κ3) is 1.93. The van der Waals surface area contributed by atoms with E-state index in [0.29, 0.717) is 0 Å². The van der Waals surface area contributed by atoms with Crippen molar-refractivity contribution >= 4 is 11.8 Å². The van der Waals surface area contributed by atoms with Gasteiger partial charge in [0.05, 0.1) is 12.2 Å². The lowest BCUT2D eigenvalue weighted by molar-refractivity contribution is -0.126. The molecule has 1 unspecified atom stereocenters. The molecule has 2 aliphatic rings. The van der Waals surface area contributed by atoms with Crippen LogP contribution >= 0.6 is 11.8 Å². The summed E-state index contributed by atoms with van der Waals surface area (Å²) >= 11 is 1.86. The van der Waals surface area contributed by atoms with Crippen LogP contribution in [0.4, 0.5) is 0 Å². The molecule has 2 saturated heterocycles. The number of rotatable bonds is 2. The molecule has 2 heterocycles. The molecule has 0 aromatic carbocycles. The summed E-state index contributed by atoms with van der Waals surface area (Å²) in [5.74, 6) is 2.00. The minimum absolute atomic E-state index is 0.139. The molecule has 0 spiro atoms. The molecule has 4 heteroatoms. The van der Waals surface area contributed by atoms with Crippen molar-refractivity contribution in [1.82, 2.24) is 4.90 Å². The number of piperidine rings is 1. The molecule has 2 fully saturated rings. The summed E-state index contributed by atoms with van der Waals surface area (Å²) in [5, 5.41) is 20.4. The van der Waals surface area contributed by atoms with Gasteiger partial charge in [0, 0.05) is 24.3 Å². The number of hydrogen-bond acceptors (Lipinski definition) is 4. The second-order valence-corrected chi connectivity index (χ2v) is 6.18. The van der Waals surface area contributed by atoms with E-state index in [1.165, 1.54) is 0 Å². The second kappa shape index (κ2) is 4.24. The Labute approximate surface area is 95.8 Å². The summed E-state index contributed by atoms with van der Waals surface area (Å²) in [7, 11) is 2.09. The van der Waals surface area contributed by atoms with E-state index in [0.717, 1.165) is 43.9 Å². The van der Waals surface area contributed by atoms with E-state index >= 15 is 0 Å². The summed E-state index contributed by atoms with van der Waals surface area (Å²) in [6.45, 7) is 2.03. The zero-order valence-electron chi connectivity index (χ0n) is 9.41. The van der Waals surface area contributed by atoms with E-state index in [-0.39, 0.29) is 12.0 Å². The van der Waals surface area contributed by atoms with E-state index in [9.17, 15) is 10.2 Å². The Hall–Kier alpha value is 0.230. The fourth-order valence-electron chi connectivity index (χ4n) is 2.76. The van der Waals surface area contributed by atoms with Gasteiger partial charge in [-0.15, -0.1) is 0 Å². The fraction of sp³-hybridized carbons (Fsp3) is 1.00. The molecule has 0 aliphatic carbocycles. The molecule has 0 radical (unpaired) electrons. The maximum Gasteiger partial charge on any atom is 0.0758 e. The Morgan fingerprint density at radius 1 is 1.27 bits per heavy atom. The van der Waals surface area contributed by atoms with Gasteiger partial charge in [-0.2, -0.15) is 11.8 Å². The van der Waals surface area contributed by atoms with Crippen molar-refractivity contribution in [2.75, 3.05) is 38.2 Å². The molecule has 15 heavy (non-hydrogen) atoms. The smallest absolute Gasteiger partial charge is 0.0758 e. The highest BCUT2D eigenvalue weighted by molar-refractivity contribution is 7.99. The van der Waals surface area contributed by atoms with E-state index < -0.39 is 5.60 Å². The molecule has 3 nitrogen and oxygen atoms in total. The van der Waals surface area contributed by atoms with Crippen molar-refractivity contribution in [3.63, 3.8) is 0 Å². The van der Waals surface area contributed by atoms with Gasteiger partial charge in [0.1, 0.15) is 0 Å². The van der Waals surface area contributed by atoms with Gasteiger partial charge >= 0.3 is 0 Å². The van der Waals surface area contributed by atoms with Gasteiger partial charge in [0.15, 0.2) is 0 Å². The van der Waals surface area contributed by atoms with Crippen LogP contribution in [-0.4, -0.2) is 59.0 Å². The van der Waals surface area contributed by atoms with Crippen molar-refractivity contribution in [1.29, 1.82) is 0 Å². The summed E-state index contributed by atoms with van der Waals surface area (Å²) in [6, 6.07) is 0. The van der Waals surface area contributed by atoms with Gasteiger partial charge in [0.2, 0.25) is 0 Å². The lowest BCUT2D eigenvalue weighted by atomic mass is 9.67. The standard InChI is InChI=1S/C11H21NO2S/c1-12-5-2-11(14,3-6-12)10(8-13)4-7-15-9-10/h13-14H,2-9H2,1H3. The number of aliphatic hydroxyl groups is 2. The Morgan fingerprint density at radius 3 is 2.40 bits per heavy atom. The van der Waals surface area contributed by atoms with Crippen LogP contribution in [0.5, 0.6) is 0 Å². The van der Waals surface area contributed by atoms with E-state index in [1.807, 2.05) is 11.8 Å². The lowest BCUT2D eigenvalue weighted by Crippen LogP contribution is -2.56. The highest BCUT2D eigenvalue weighted by Crippen LogP contribution is 2.48. The van der Waals surface area contributed by atoms with Crippen LogP contribution in [0, 0.1) is 5.41 Å². The maximum atomic E-state index is 10.7. The number of thioether (sulfide) groups is 1. The Morgan fingerprint density at radius 2 is 1.93 bits per heavy atom. The highest BCUT2D eigenvalue weighted by Gasteiger charge is 2.52. The Bertz CT molecular complexity index is 221. The number of nitrogens with zero attached hydrogens (tertiary/aromatic N) is 1. The predicted molar refractivity (Wildman–Crippen MR) is 63.1 cm³/mol. The molecule has 0 aromatic heterocycles. The van der Waals surface area contributed by atoms with Crippen LogP contribution in [0.2, 0.25) is 0 Å². The number of hydrogen-bond donors (Lipinski definition) is 2. The SMILES string of the molecule is CN1CCC(O)(C2(CO)CCSC2)CC1. The largest absolute Gasteiger partial charge is 0.396 e. The molecule has 2 aliphatic heterocycles. The third-order valence-corrected chi connectivity index (χ3v) is 5.46. The number of aliphatic hydroxyl groups excluding tert-OH is 1. The van der Waals surface area contributed by atoms with Crippen molar-refractivity contribution in [3.8, 4) is 0 Å². The van der Waals surface area contributed by atoms with Gasteiger partial charge in [-0.1, -0.05) is 0 Å². The Balaban J connectivity index is 2.12. The fourth-order valence-corrected chi connectivity index (χ4v) is 4.34. The first-order chi connectivity index (χ1) is 7.12. The molecular weight excluding hydrogens is 210 g/mol. The van der Waals surface area contributed by atoms with Crippen LogP contribution < -0.4 is 0 Å². The topological polar surface area (TPSA) is 43.7 Å². The quantitative estimate of drug-likeness (QED) is 0.729. The van der Waals surface area contributed by atoms with Gasteiger partial charge in [0.25, 0.3) is 0 Å². The molecular formula is C11H21NO2S. The first-order valence-electron chi connectivity index (χ1n) is 5.71. The zero-order valence-corrected chi connectivity index (χ0v) is 10.2. The van der Waals surface area contributed by atoms with Crippen LogP contribution in [0.1, 0.15) is 19.3 Å². The van der Waals surface area contributed by atoms with Crippen LogP contribution in [0.15, 0.2) is 0 Å². The van der Waals surface area contributed by atoms with Crippen LogP contribution in [-0.2, 0) is 0 Å². The molecule has 0 amide bonds. The molecule has 2 rings (SSSR count). The minimum Gasteiger partial charge on any atom is -0.396 e. The molecule has 1 atom stereocenters. The summed E-state index contributed by atoms with van der Waals surface area (Å²) in [4.78, 5) is 2.25. The summed E-state index contributed by atoms with van der Waals surface area (Å²) < 4.78 is 0. The van der Waals surface area contributed by atoms with Gasteiger partial charge in [-0.3, -0.25) is 0 Å². The third-order valence-electron chi connectivity index (χ3n) is 4.21. The van der Waals surface area contributed by atoms with Gasteiger partial charge in [-0.25, -0.2) is 0 Å². The normalized spacial score (nSPS) is 37.0. The van der Waals surface area contributed by atoms with Crippen molar-refractivity contribution in [3.05, 3.63) is 0 Å². The molecule has 0 aromatic rings. The Kier molecular flexibility index (Phi) is 3.31. The molecule has 0 saturated carbocycles. The van der Waals surface area contributed by atoms with Crippen LogP contribution in [0.25, 0.3) is 0 Å². The minimum atomic E-state index is -0.627. The predicted octanol–water partition coefficient (Wildman–Crippen LogP) is 0.559. The van der Waals surface area contributed by atoms with Crippen LogP contribution in [0.3, 0.4) is 0 Å². The van der Waals surface area contributed by atoms with Crippen molar-refractivity contribution in [2.24, 2.45) is 5.41 Å². The van der Waals surface area contributed by atoms with E-state index in [4.69, 9.17) is 0 Å². The lowest BCUT2D eigenvalue weighted by Gasteiger charge is -2.47. The molecule has 88 valence electrons. The maximum absolute atomic E-state index is 10.7. The highest BCUT2D eigenvalue weighted by atomic mass is 32.2. The second-order valence-electron chi connectivity index (χ2n) is 5.08. The average molecular weight is 231 g/mol. The van der Waals surface area contributed by atoms with E-state index in [2.05, 4.69) is 11.9 Å². The van der Waals surface area contributed by atoms with Gasteiger partial charge in [-0.05, 0) is 32.1 Å². The summed E-state index contributed by atoms with van der Waals surface area (Å²) in [5.41, 5.74) is -0.851. The molecule has 2 N–H and O–H groups in total. The average Bonchev–Trinajstić information content (AvgIpc) is 2.73. The number of likely N-dealkylation sites (tertiary alicyclic amines) is 1. The zero-order chi connectivity index (χ0) is 10.9. The van der Waals surface area contributed by atoms with Crippen molar-refractivity contribution < 1.29 is 10.2 Å². The van der Waals surface area contributed by atoms with Gasteiger partial charge < -0.3 is 15.1 Å². The molecule has 0 bridgehead atoms. The van der Waals surface area contributed by atoms with E-state index in [1.54, 1.807) is 0 Å². The first-order valence-corrected chi connectivity index (χ1v) is 6.87. The van der Waals surface area contributed by atoms with Crippen molar-refractivity contribution in [2.45, 2.75) is 24.9 Å². The monoisotopic (exact) mass is 231 g/mol. The summed E-state index contributed by atoms with van der Waals surface area (Å²) in [6.07, 6.45) is 2.59. The first kappa shape index (κ1) is 11.7.